The van der Waals surface area contributed by atoms with Crippen molar-refractivity contribution in [3.63, 3.8) is 0 Å². The van der Waals surface area contributed by atoms with Crippen LogP contribution in [0, 0.1) is 12.8 Å². The summed E-state index contributed by atoms with van der Waals surface area (Å²) in [6, 6.07) is 10.5. The fraction of sp³-hybridized carbons (Fsp3) is 0.550. The summed E-state index contributed by atoms with van der Waals surface area (Å²) < 4.78 is 17.5. The van der Waals surface area contributed by atoms with Gasteiger partial charge in [-0.15, -0.1) is 0 Å². The number of hydrogen-bond donors (Lipinski definition) is 0. The molecule has 0 bridgehead atoms. The van der Waals surface area contributed by atoms with E-state index in [4.69, 9.17) is 13.9 Å². The van der Waals surface area contributed by atoms with Gasteiger partial charge in [0.1, 0.15) is 5.76 Å². The summed E-state index contributed by atoms with van der Waals surface area (Å²) in [6.45, 7) is 6.03. The second kappa shape index (κ2) is 7.68. The summed E-state index contributed by atoms with van der Waals surface area (Å²) in [5, 5.41) is 0. The number of aromatic nitrogens is 1. The van der Waals surface area contributed by atoms with Crippen LogP contribution in [0.3, 0.4) is 0 Å². The SMILES string of the molecule is Cc1cccc(COC[C@@H]2C[C@@H]3OCCN(Cc4ccco4)[C@H]3C2)n1. The Morgan fingerprint density at radius 1 is 1.24 bits per heavy atom. The number of aryl methyl sites for hydroxylation is 1. The maximum Gasteiger partial charge on any atom is 0.117 e. The van der Waals surface area contributed by atoms with Gasteiger partial charge in [-0.25, -0.2) is 0 Å². The molecule has 2 fully saturated rings. The summed E-state index contributed by atoms with van der Waals surface area (Å²) in [4.78, 5) is 7.00. The summed E-state index contributed by atoms with van der Waals surface area (Å²) in [6.07, 6.45) is 4.29. The van der Waals surface area contributed by atoms with E-state index < -0.39 is 0 Å². The first-order chi connectivity index (χ1) is 12.3. The molecule has 0 amide bonds. The zero-order valence-electron chi connectivity index (χ0n) is 14.8. The topological polar surface area (TPSA) is 47.7 Å². The highest BCUT2D eigenvalue weighted by molar-refractivity contribution is 5.09. The van der Waals surface area contributed by atoms with Crippen molar-refractivity contribution in [2.24, 2.45) is 5.92 Å². The number of ether oxygens (including phenoxy) is 2. The Hall–Kier alpha value is -1.69. The van der Waals surface area contributed by atoms with Crippen LogP contribution in [-0.4, -0.2) is 41.8 Å². The Morgan fingerprint density at radius 3 is 3.04 bits per heavy atom. The fourth-order valence-electron chi connectivity index (χ4n) is 4.07. The first kappa shape index (κ1) is 16.8. The van der Waals surface area contributed by atoms with Gasteiger partial charge in [0.05, 0.1) is 44.4 Å². The highest BCUT2D eigenvalue weighted by Gasteiger charge is 2.41. The molecule has 2 aliphatic rings. The van der Waals surface area contributed by atoms with Crippen molar-refractivity contribution in [3.05, 3.63) is 53.7 Å². The van der Waals surface area contributed by atoms with Crippen LogP contribution in [0.15, 0.2) is 41.0 Å². The van der Waals surface area contributed by atoms with Crippen LogP contribution < -0.4 is 0 Å². The van der Waals surface area contributed by atoms with Crippen molar-refractivity contribution >= 4 is 0 Å². The molecule has 3 heterocycles. The molecule has 0 spiro atoms. The largest absolute Gasteiger partial charge is 0.468 e. The third-order valence-corrected chi connectivity index (χ3v) is 5.24. The molecule has 3 atom stereocenters. The maximum atomic E-state index is 6.02. The number of rotatable bonds is 6. The first-order valence-electron chi connectivity index (χ1n) is 9.16. The summed E-state index contributed by atoms with van der Waals surface area (Å²) in [7, 11) is 0. The van der Waals surface area contributed by atoms with Gasteiger partial charge in [0, 0.05) is 18.3 Å². The van der Waals surface area contributed by atoms with Crippen LogP contribution >= 0.6 is 0 Å². The molecule has 25 heavy (non-hydrogen) atoms. The monoisotopic (exact) mass is 342 g/mol. The molecule has 2 aromatic heterocycles. The van der Waals surface area contributed by atoms with Gasteiger partial charge >= 0.3 is 0 Å². The van der Waals surface area contributed by atoms with E-state index >= 15 is 0 Å². The second-order valence-electron chi connectivity index (χ2n) is 7.15. The van der Waals surface area contributed by atoms with Crippen molar-refractivity contribution in [2.75, 3.05) is 19.8 Å². The molecule has 1 aliphatic carbocycles. The number of nitrogens with zero attached hydrogens (tertiary/aromatic N) is 2. The number of furan rings is 1. The van der Waals surface area contributed by atoms with Crippen LogP contribution in [-0.2, 0) is 22.6 Å². The summed E-state index contributed by atoms with van der Waals surface area (Å²) in [5.74, 6) is 1.59. The van der Waals surface area contributed by atoms with Crippen LogP contribution in [0.2, 0.25) is 0 Å². The third-order valence-electron chi connectivity index (χ3n) is 5.24. The van der Waals surface area contributed by atoms with E-state index in [0.717, 1.165) is 56.3 Å². The summed E-state index contributed by atoms with van der Waals surface area (Å²) >= 11 is 0. The Kier molecular flexibility index (Phi) is 5.15. The Labute approximate surface area is 148 Å². The van der Waals surface area contributed by atoms with E-state index in [1.54, 1.807) is 6.26 Å². The predicted molar refractivity (Wildman–Crippen MR) is 94.0 cm³/mol. The van der Waals surface area contributed by atoms with Gasteiger partial charge in [-0.2, -0.15) is 0 Å². The van der Waals surface area contributed by atoms with Crippen molar-refractivity contribution in [1.29, 1.82) is 0 Å². The van der Waals surface area contributed by atoms with Gasteiger partial charge in [0.15, 0.2) is 0 Å². The number of morpholine rings is 1. The normalized spacial score (nSPS) is 26.7. The average Bonchev–Trinajstić information content (AvgIpc) is 3.25. The van der Waals surface area contributed by atoms with Gasteiger partial charge in [0.2, 0.25) is 0 Å². The van der Waals surface area contributed by atoms with E-state index in [9.17, 15) is 0 Å². The fourth-order valence-corrected chi connectivity index (χ4v) is 4.07. The van der Waals surface area contributed by atoms with Crippen molar-refractivity contribution < 1.29 is 13.9 Å². The lowest BCUT2D eigenvalue weighted by Crippen LogP contribution is -2.47. The lowest BCUT2D eigenvalue weighted by Gasteiger charge is -2.37. The van der Waals surface area contributed by atoms with Crippen LogP contribution in [0.1, 0.15) is 30.0 Å². The smallest absolute Gasteiger partial charge is 0.117 e. The molecule has 5 nitrogen and oxygen atoms in total. The summed E-state index contributed by atoms with van der Waals surface area (Å²) in [5.41, 5.74) is 2.04. The quantitative estimate of drug-likeness (QED) is 0.807. The molecule has 0 aromatic carbocycles. The maximum absolute atomic E-state index is 6.02. The van der Waals surface area contributed by atoms with E-state index in [-0.39, 0.29) is 0 Å². The molecular weight excluding hydrogens is 316 g/mol. The van der Waals surface area contributed by atoms with E-state index in [1.807, 2.05) is 31.2 Å². The molecule has 1 saturated heterocycles. The minimum atomic E-state index is 0.328. The molecule has 2 aromatic rings. The lowest BCUT2D eigenvalue weighted by molar-refractivity contribution is -0.0609. The van der Waals surface area contributed by atoms with Crippen LogP contribution in [0.4, 0.5) is 0 Å². The molecule has 0 radical (unpaired) electrons. The molecule has 1 aliphatic heterocycles. The lowest BCUT2D eigenvalue weighted by atomic mass is 10.1. The van der Waals surface area contributed by atoms with E-state index in [1.165, 1.54) is 0 Å². The molecule has 1 saturated carbocycles. The van der Waals surface area contributed by atoms with E-state index in [0.29, 0.717) is 24.7 Å². The first-order valence-corrected chi connectivity index (χ1v) is 9.16. The predicted octanol–water partition coefficient (Wildman–Crippen LogP) is 3.18. The number of hydrogen-bond acceptors (Lipinski definition) is 5. The standard InChI is InChI=1S/C20H26N2O3/c1-15-4-2-5-17(21-15)14-23-13-16-10-19-20(11-16)25-9-7-22(19)12-18-6-3-8-24-18/h2-6,8,16,19-20H,7,9-14H2,1H3/t16-,19-,20-/m0/s1. The molecule has 5 heteroatoms. The minimum absolute atomic E-state index is 0.328. The second-order valence-corrected chi connectivity index (χ2v) is 7.15. The highest BCUT2D eigenvalue weighted by atomic mass is 16.5. The average molecular weight is 342 g/mol. The zero-order valence-corrected chi connectivity index (χ0v) is 14.8. The Balaban J connectivity index is 1.29. The third kappa shape index (κ3) is 4.11. The van der Waals surface area contributed by atoms with Crippen molar-refractivity contribution in [3.8, 4) is 0 Å². The highest BCUT2D eigenvalue weighted by Crippen LogP contribution is 2.35. The Morgan fingerprint density at radius 2 is 2.20 bits per heavy atom. The number of pyridine rings is 1. The number of fused-ring (bicyclic) bond motifs is 1. The zero-order chi connectivity index (χ0) is 17.1. The van der Waals surface area contributed by atoms with Gasteiger partial charge in [-0.05, 0) is 49.9 Å². The molecule has 134 valence electrons. The van der Waals surface area contributed by atoms with Crippen LogP contribution in [0.25, 0.3) is 0 Å². The molecule has 0 unspecified atom stereocenters. The van der Waals surface area contributed by atoms with Gasteiger partial charge < -0.3 is 13.9 Å². The minimum Gasteiger partial charge on any atom is -0.468 e. The Bertz CT molecular complexity index is 673. The van der Waals surface area contributed by atoms with Gasteiger partial charge in [-0.3, -0.25) is 9.88 Å². The molecular formula is C20H26N2O3. The van der Waals surface area contributed by atoms with Gasteiger partial charge in [0.25, 0.3) is 0 Å². The van der Waals surface area contributed by atoms with Crippen molar-refractivity contribution in [1.82, 2.24) is 9.88 Å². The molecule has 0 N–H and O–H groups in total. The van der Waals surface area contributed by atoms with Crippen LogP contribution in [0.5, 0.6) is 0 Å². The van der Waals surface area contributed by atoms with Gasteiger partial charge in [-0.1, -0.05) is 6.07 Å². The van der Waals surface area contributed by atoms with Crippen molar-refractivity contribution in [2.45, 2.75) is 45.1 Å². The van der Waals surface area contributed by atoms with E-state index in [2.05, 4.69) is 16.0 Å². The molecule has 4 rings (SSSR count).